The quantitative estimate of drug-likeness (QED) is 0.243. The van der Waals surface area contributed by atoms with Gasteiger partial charge in [0.15, 0.2) is 11.6 Å². The molecule has 1 N–H and O–H groups in total. The van der Waals surface area contributed by atoms with E-state index in [-0.39, 0.29) is 5.75 Å². The smallest absolute Gasteiger partial charge is 0.166 e. The van der Waals surface area contributed by atoms with Gasteiger partial charge < -0.3 is 9.84 Å². The van der Waals surface area contributed by atoms with E-state index in [2.05, 4.69) is 18.8 Å². The molecule has 0 radical (unpaired) electrons. The first-order valence-corrected chi connectivity index (χ1v) is 11.6. The topological polar surface area (TPSA) is 29.5 Å². The molecule has 2 nitrogen and oxygen atoms in total. The molecule has 0 aromatic heterocycles. The Morgan fingerprint density at radius 1 is 0.862 bits per heavy atom. The lowest BCUT2D eigenvalue weighted by Gasteiger charge is -2.08. The summed E-state index contributed by atoms with van der Waals surface area (Å²) in [5, 5.41) is 9.61. The molecule has 0 bridgehead atoms. The molecule has 1 rings (SSSR count). The first-order chi connectivity index (χ1) is 13.9. The van der Waals surface area contributed by atoms with E-state index in [1.807, 2.05) is 0 Å². The Bertz CT molecular complexity index is 607. The van der Waals surface area contributed by atoms with Crippen molar-refractivity contribution in [2.75, 3.05) is 6.61 Å². The predicted octanol–water partition coefficient (Wildman–Crippen LogP) is 7.42. The largest absolute Gasteiger partial charge is 0.491 e. The Kier molecular flexibility index (Phi) is 13.5. The van der Waals surface area contributed by atoms with E-state index in [4.69, 9.17) is 4.74 Å². The monoisotopic (exact) mass is 404 g/mol. The zero-order chi connectivity index (χ0) is 21.4. The van der Waals surface area contributed by atoms with E-state index in [9.17, 15) is 9.50 Å². The van der Waals surface area contributed by atoms with Gasteiger partial charge in [0, 0.05) is 5.56 Å². The molecule has 164 valence electrons. The van der Waals surface area contributed by atoms with Gasteiger partial charge in [-0.1, -0.05) is 95.8 Å². The zero-order valence-corrected chi connectivity index (χ0v) is 18.9. The van der Waals surface area contributed by atoms with Crippen molar-refractivity contribution in [3.8, 4) is 17.6 Å². The van der Waals surface area contributed by atoms with Crippen LogP contribution in [0.5, 0.6) is 5.75 Å². The van der Waals surface area contributed by atoms with Gasteiger partial charge in [-0.25, -0.2) is 4.39 Å². The normalized spacial score (nSPS) is 11.2. The Labute approximate surface area is 178 Å². The highest BCUT2D eigenvalue weighted by Crippen LogP contribution is 2.19. The van der Waals surface area contributed by atoms with Crippen molar-refractivity contribution in [2.24, 2.45) is 0 Å². The second-order valence-electron chi connectivity index (χ2n) is 8.55. The number of hydrogen-bond acceptors (Lipinski definition) is 2. The second kappa shape index (κ2) is 15.3. The fourth-order valence-electron chi connectivity index (χ4n) is 3.22. The van der Waals surface area contributed by atoms with Gasteiger partial charge in [-0.3, -0.25) is 0 Å². The summed E-state index contributed by atoms with van der Waals surface area (Å²) in [4.78, 5) is 0. The van der Waals surface area contributed by atoms with Gasteiger partial charge in [0.25, 0.3) is 0 Å². The summed E-state index contributed by atoms with van der Waals surface area (Å²) in [6, 6.07) is 4.70. The molecule has 3 heteroatoms. The molecule has 0 heterocycles. The summed E-state index contributed by atoms with van der Waals surface area (Å²) in [5.41, 5.74) is -0.544. The molecule has 0 spiro atoms. The van der Waals surface area contributed by atoms with E-state index in [0.717, 1.165) is 12.8 Å². The summed E-state index contributed by atoms with van der Waals surface area (Å²) < 4.78 is 19.6. The minimum atomic E-state index is -1.08. The van der Waals surface area contributed by atoms with Crippen LogP contribution in [0.4, 0.5) is 4.39 Å². The fourth-order valence-corrected chi connectivity index (χ4v) is 3.22. The van der Waals surface area contributed by atoms with Crippen LogP contribution in [0.15, 0.2) is 18.2 Å². The van der Waals surface area contributed by atoms with E-state index < -0.39 is 11.4 Å². The maximum Gasteiger partial charge on any atom is 0.166 e. The molecule has 0 unspecified atom stereocenters. The zero-order valence-electron chi connectivity index (χ0n) is 18.9. The van der Waals surface area contributed by atoms with Crippen LogP contribution in [0.1, 0.15) is 110 Å². The van der Waals surface area contributed by atoms with Gasteiger partial charge in [0.1, 0.15) is 5.60 Å². The number of benzene rings is 1. The maximum absolute atomic E-state index is 14.1. The van der Waals surface area contributed by atoms with Crippen LogP contribution in [0, 0.1) is 17.7 Å². The van der Waals surface area contributed by atoms with Crippen molar-refractivity contribution in [2.45, 2.75) is 110 Å². The second-order valence-corrected chi connectivity index (χ2v) is 8.55. The highest BCUT2D eigenvalue weighted by molar-refractivity contribution is 5.40. The lowest BCUT2D eigenvalue weighted by Crippen LogP contribution is -2.14. The summed E-state index contributed by atoms with van der Waals surface area (Å²) in [6.45, 7) is 6.01. The lowest BCUT2D eigenvalue weighted by atomic mass is 10.0. The molecule has 0 saturated carbocycles. The van der Waals surface area contributed by atoms with Crippen molar-refractivity contribution in [3.63, 3.8) is 0 Å². The Hall–Kier alpha value is -1.53. The summed E-state index contributed by atoms with van der Waals surface area (Å²) in [7, 11) is 0. The van der Waals surface area contributed by atoms with Crippen molar-refractivity contribution >= 4 is 0 Å². The van der Waals surface area contributed by atoms with Gasteiger partial charge in [-0.2, -0.15) is 0 Å². The molecule has 1 aromatic carbocycles. The van der Waals surface area contributed by atoms with Crippen LogP contribution in [-0.4, -0.2) is 17.3 Å². The number of ether oxygens (including phenoxy) is 1. The predicted molar refractivity (Wildman–Crippen MR) is 121 cm³/mol. The van der Waals surface area contributed by atoms with Crippen molar-refractivity contribution in [1.82, 2.24) is 0 Å². The number of halogens is 1. The average molecular weight is 405 g/mol. The molecule has 0 aliphatic heterocycles. The molecule has 0 atom stereocenters. The van der Waals surface area contributed by atoms with Gasteiger partial charge in [0.2, 0.25) is 0 Å². The van der Waals surface area contributed by atoms with Crippen LogP contribution in [0.3, 0.4) is 0 Å². The highest BCUT2D eigenvalue weighted by atomic mass is 19.1. The summed E-state index contributed by atoms with van der Waals surface area (Å²) in [6.07, 6.45) is 17.0. The fraction of sp³-hybridized carbons (Fsp3) is 0.692. The van der Waals surface area contributed by atoms with Crippen LogP contribution in [0.2, 0.25) is 0 Å². The Balaban J connectivity index is 2.04. The molecule has 0 aliphatic carbocycles. The molecule has 0 amide bonds. The van der Waals surface area contributed by atoms with Crippen molar-refractivity contribution in [3.05, 3.63) is 29.6 Å². The van der Waals surface area contributed by atoms with Crippen LogP contribution < -0.4 is 4.74 Å². The average Bonchev–Trinajstić information content (AvgIpc) is 2.67. The third-order valence-corrected chi connectivity index (χ3v) is 4.95. The molecule has 0 aliphatic rings. The van der Waals surface area contributed by atoms with Gasteiger partial charge in [-0.15, -0.1) is 0 Å². The third kappa shape index (κ3) is 14.1. The highest BCUT2D eigenvalue weighted by Gasteiger charge is 2.07. The van der Waals surface area contributed by atoms with Gasteiger partial charge in [-0.05, 0) is 38.5 Å². The number of hydrogen-bond donors (Lipinski definition) is 1. The SMILES string of the molecule is CCCCCCCCCCCCCCCOc1ccc(C#CC(C)(C)O)cc1F. The molecule has 0 fully saturated rings. The first kappa shape index (κ1) is 25.5. The van der Waals surface area contributed by atoms with Crippen LogP contribution in [-0.2, 0) is 0 Å². The molecule has 29 heavy (non-hydrogen) atoms. The standard InChI is InChI=1S/C26H41FO2/c1-4-5-6-7-8-9-10-11-12-13-14-15-16-21-29-25-18-17-23(22-24(25)27)19-20-26(2,3)28/h17-18,22,28H,4-16,21H2,1-3H3. The molecular formula is C26H41FO2. The summed E-state index contributed by atoms with van der Waals surface area (Å²) in [5.74, 6) is 5.33. The van der Waals surface area contributed by atoms with Crippen molar-refractivity contribution < 1.29 is 14.2 Å². The van der Waals surface area contributed by atoms with Gasteiger partial charge >= 0.3 is 0 Å². The minimum Gasteiger partial charge on any atom is -0.491 e. The van der Waals surface area contributed by atoms with Crippen LogP contribution in [0.25, 0.3) is 0 Å². The number of rotatable bonds is 15. The number of aliphatic hydroxyl groups is 1. The number of unbranched alkanes of at least 4 members (excludes halogenated alkanes) is 12. The summed E-state index contributed by atoms with van der Waals surface area (Å²) >= 11 is 0. The first-order valence-electron chi connectivity index (χ1n) is 11.6. The Morgan fingerprint density at radius 2 is 1.38 bits per heavy atom. The van der Waals surface area contributed by atoms with Crippen LogP contribution >= 0.6 is 0 Å². The van der Waals surface area contributed by atoms with E-state index in [1.54, 1.807) is 26.0 Å². The maximum atomic E-state index is 14.1. The molecule has 1 aromatic rings. The molecular weight excluding hydrogens is 363 g/mol. The third-order valence-electron chi connectivity index (χ3n) is 4.95. The lowest BCUT2D eigenvalue weighted by molar-refractivity contribution is 0.143. The Morgan fingerprint density at radius 3 is 1.86 bits per heavy atom. The van der Waals surface area contributed by atoms with Gasteiger partial charge in [0.05, 0.1) is 6.61 Å². The van der Waals surface area contributed by atoms with E-state index >= 15 is 0 Å². The van der Waals surface area contributed by atoms with E-state index in [0.29, 0.717) is 12.2 Å². The van der Waals surface area contributed by atoms with Crippen molar-refractivity contribution in [1.29, 1.82) is 0 Å². The van der Waals surface area contributed by atoms with E-state index in [1.165, 1.54) is 76.7 Å². The molecule has 0 saturated heterocycles. The minimum absolute atomic E-state index is 0.276.